The molecule has 0 aliphatic heterocycles. The highest BCUT2D eigenvalue weighted by Crippen LogP contribution is 2.37. The lowest BCUT2D eigenvalue weighted by Gasteiger charge is -2.31. The lowest BCUT2D eigenvalue weighted by atomic mass is 9.88. The number of aromatic nitrogens is 2. The highest BCUT2D eigenvalue weighted by molar-refractivity contribution is 9.10. The summed E-state index contributed by atoms with van der Waals surface area (Å²) in [4.78, 5) is 0. The van der Waals surface area contributed by atoms with Crippen LogP contribution >= 0.6 is 15.9 Å². The van der Waals surface area contributed by atoms with Gasteiger partial charge in [0.25, 0.3) is 0 Å². The van der Waals surface area contributed by atoms with Crippen LogP contribution in [0.5, 0.6) is 5.75 Å². The van der Waals surface area contributed by atoms with E-state index in [0.29, 0.717) is 0 Å². The largest absolute Gasteiger partial charge is 0.492 e. The number of unbranched alkanes of at least 4 members (excludes halogenated alkanes) is 5. The minimum absolute atomic E-state index is 0.0720. The number of hydrogen-bond acceptors (Lipinski definition) is 2. The van der Waals surface area contributed by atoms with Gasteiger partial charge in [-0.15, -0.1) is 0 Å². The number of aryl methyl sites for hydroxylation is 1. The lowest BCUT2D eigenvalue weighted by Crippen LogP contribution is -2.31. The number of halogens is 1. The van der Waals surface area contributed by atoms with Gasteiger partial charge in [-0.3, -0.25) is 0 Å². The molecular formula is C18H33BrN2O. The molecule has 0 radical (unpaired) electrons. The van der Waals surface area contributed by atoms with Gasteiger partial charge in [0, 0.05) is 0 Å². The van der Waals surface area contributed by atoms with E-state index < -0.39 is 0 Å². The molecule has 1 aromatic rings. The second-order valence-corrected chi connectivity index (χ2v) is 7.34. The monoisotopic (exact) mass is 372 g/mol. The van der Waals surface area contributed by atoms with Gasteiger partial charge < -0.3 is 4.74 Å². The molecule has 0 bridgehead atoms. The van der Waals surface area contributed by atoms with Gasteiger partial charge in [0.1, 0.15) is 10.3 Å². The molecule has 1 aromatic heterocycles. The first-order valence-corrected chi connectivity index (χ1v) is 9.59. The molecule has 0 saturated heterocycles. The van der Waals surface area contributed by atoms with Crippen LogP contribution in [-0.4, -0.2) is 16.9 Å². The summed E-state index contributed by atoms with van der Waals surface area (Å²) in [6.07, 6.45) is 11.4. The summed E-state index contributed by atoms with van der Waals surface area (Å²) >= 11 is 3.70. The first kappa shape index (κ1) is 19.5. The standard InChI is InChI=1S/C18H33BrN2O/c1-6-8-10-11-12-14-18(4,13-9-7-2)21-17(19)16(22-5)15(3)20-21/h6-14H2,1-5H3. The highest BCUT2D eigenvalue weighted by atomic mass is 79.9. The van der Waals surface area contributed by atoms with Crippen LogP contribution in [0.25, 0.3) is 0 Å². The smallest absolute Gasteiger partial charge is 0.174 e. The van der Waals surface area contributed by atoms with E-state index in [1.54, 1.807) is 7.11 Å². The third-order valence-corrected chi connectivity index (χ3v) is 5.25. The average Bonchev–Trinajstić information content (AvgIpc) is 2.80. The van der Waals surface area contributed by atoms with Crippen LogP contribution in [0.15, 0.2) is 4.60 Å². The molecule has 128 valence electrons. The van der Waals surface area contributed by atoms with Crippen molar-refractivity contribution in [1.82, 2.24) is 9.78 Å². The Morgan fingerprint density at radius 3 is 2.18 bits per heavy atom. The van der Waals surface area contributed by atoms with Crippen LogP contribution in [0, 0.1) is 6.92 Å². The molecule has 0 aliphatic carbocycles. The molecule has 1 unspecified atom stereocenters. The Bertz CT molecular complexity index is 445. The predicted molar refractivity (Wildman–Crippen MR) is 97.8 cm³/mol. The molecule has 1 rings (SSSR count). The summed E-state index contributed by atoms with van der Waals surface area (Å²) in [5.41, 5.74) is 1.03. The molecule has 0 N–H and O–H groups in total. The fourth-order valence-electron chi connectivity index (χ4n) is 3.08. The number of ether oxygens (including phenoxy) is 1. The van der Waals surface area contributed by atoms with E-state index in [9.17, 15) is 0 Å². The van der Waals surface area contributed by atoms with E-state index in [4.69, 9.17) is 9.84 Å². The fraction of sp³-hybridized carbons (Fsp3) is 0.833. The van der Waals surface area contributed by atoms with Gasteiger partial charge in [-0.25, -0.2) is 4.68 Å². The van der Waals surface area contributed by atoms with E-state index in [0.717, 1.165) is 16.0 Å². The maximum atomic E-state index is 5.48. The number of nitrogens with zero attached hydrogens (tertiary/aromatic N) is 2. The SMILES string of the molecule is CCCCCCCC(C)(CCCC)n1nc(C)c(OC)c1Br. The predicted octanol–water partition coefficient (Wildman–Crippen LogP) is 6.23. The molecule has 0 fully saturated rings. The third-order valence-electron chi connectivity index (χ3n) is 4.56. The van der Waals surface area contributed by atoms with Crippen LogP contribution in [-0.2, 0) is 5.54 Å². The van der Waals surface area contributed by atoms with Crippen molar-refractivity contribution in [2.24, 2.45) is 0 Å². The summed E-state index contributed by atoms with van der Waals surface area (Å²) in [5, 5.41) is 4.77. The minimum atomic E-state index is 0.0720. The Morgan fingerprint density at radius 1 is 1.05 bits per heavy atom. The molecule has 0 aromatic carbocycles. The summed E-state index contributed by atoms with van der Waals surface area (Å²) in [6, 6.07) is 0. The Hall–Kier alpha value is -0.510. The average molecular weight is 373 g/mol. The zero-order valence-corrected chi connectivity index (χ0v) is 16.6. The minimum Gasteiger partial charge on any atom is -0.492 e. The zero-order valence-electron chi connectivity index (χ0n) is 15.0. The topological polar surface area (TPSA) is 27.1 Å². The van der Waals surface area contributed by atoms with Crippen molar-refractivity contribution in [2.75, 3.05) is 7.11 Å². The number of rotatable bonds is 11. The fourth-order valence-corrected chi connectivity index (χ4v) is 4.03. The van der Waals surface area contributed by atoms with Crippen molar-refractivity contribution < 1.29 is 4.74 Å². The summed E-state index contributed by atoms with van der Waals surface area (Å²) in [5.74, 6) is 0.869. The second kappa shape index (κ2) is 9.59. The Morgan fingerprint density at radius 2 is 1.64 bits per heavy atom. The molecule has 22 heavy (non-hydrogen) atoms. The van der Waals surface area contributed by atoms with Crippen LogP contribution in [0.2, 0.25) is 0 Å². The molecular weight excluding hydrogens is 340 g/mol. The van der Waals surface area contributed by atoms with Crippen molar-refractivity contribution in [3.8, 4) is 5.75 Å². The molecule has 1 atom stereocenters. The summed E-state index contributed by atoms with van der Waals surface area (Å²) in [7, 11) is 1.72. The van der Waals surface area contributed by atoms with Gasteiger partial charge in [0.2, 0.25) is 0 Å². The third kappa shape index (κ3) is 5.00. The van der Waals surface area contributed by atoms with Crippen LogP contribution in [0.1, 0.15) is 84.3 Å². The number of methoxy groups -OCH3 is 1. The highest BCUT2D eigenvalue weighted by Gasteiger charge is 2.30. The van der Waals surface area contributed by atoms with E-state index >= 15 is 0 Å². The Kier molecular flexibility index (Phi) is 8.52. The normalized spacial score (nSPS) is 14.1. The maximum Gasteiger partial charge on any atom is 0.174 e. The first-order chi connectivity index (χ1) is 10.5. The summed E-state index contributed by atoms with van der Waals surface area (Å²) in [6.45, 7) is 8.88. The first-order valence-electron chi connectivity index (χ1n) is 8.79. The van der Waals surface area contributed by atoms with E-state index in [1.165, 1.54) is 57.8 Å². The van der Waals surface area contributed by atoms with Crippen molar-refractivity contribution >= 4 is 15.9 Å². The molecule has 1 heterocycles. The van der Waals surface area contributed by atoms with Crippen molar-refractivity contribution in [1.29, 1.82) is 0 Å². The van der Waals surface area contributed by atoms with E-state index in [-0.39, 0.29) is 5.54 Å². The van der Waals surface area contributed by atoms with Gasteiger partial charge in [-0.2, -0.15) is 5.10 Å². The summed E-state index contributed by atoms with van der Waals surface area (Å²) < 4.78 is 8.63. The number of hydrogen-bond donors (Lipinski definition) is 0. The molecule has 4 heteroatoms. The maximum absolute atomic E-state index is 5.48. The van der Waals surface area contributed by atoms with Gasteiger partial charge in [-0.1, -0.05) is 58.8 Å². The van der Waals surface area contributed by atoms with Crippen LogP contribution in [0.4, 0.5) is 0 Å². The van der Waals surface area contributed by atoms with E-state index in [1.807, 2.05) is 6.92 Å². The van der Waals surface area contributed by atoms with E-state index in [2.05, 4.69) is 41.4 Å². The lowest BCUT2D eigenvalue weighted by molar-refractivity contribution is 0.223. The van der Waals surface area contributed by atoms with Gasteiger partial charge in [0.15, 0.2) is 5.75 Å². The van der Waals surface area contributed by atoms with Gasteiger partial charge in [-0.05, 0) is 42.6 Å². The van der Waals surface area contributed by atoms with Gasteiger partial charge >= 0.3 is 0 Å². The van der Waals surface area contributed by atoms with Crippen molar-refractivity contribution in [3.05, 3.63) is 10.3 Å². The van der Waals surface area contributed by atoms with Crippen molar-refractivity contribution in [2.45, 2.75) is 91.0 Å². The Balaban J connectivity index is 2.86. The van der Waals surface area contributed by atoms with Crippen LogP contribution < -0.4 is 4.74 Å². The molecule has 0 amide bonds. The van der Waals surface area contributed by atoms with Crippen molar-refractivity contribution in [3.63, 3.8) is 0 Å². The Labute approximate surface area is 144 Å². The quantitative estimate of drug-likeness (QED) is 0.430. The van der Waals surface area contributed by atoms with Gasteiger partial charge in [0.05, 0.1) is 12.6 Å². The zero-order chi connectivity index (χ0) is 16.6. The molecule has 0 spiro atoms. The molecule has 3 nitrogen and oxygen atoms in total. The molecule has 0 aliphatic rings. The van der Waals surface area contributed by atoms with Crippen LogP contribution in [0.3, 0.4) is 0 Å². The second-order valence-electron chi connectivity index (χ2n) is 6.59. The molecule has 0 saturated carbocycles.